The summed E-state index contributed by atoms with van der Waals surface area (Å²) in [5, 5.41) is 2.39. The summed E-state index contributed by atoms with van der Waals surface area (Å²) in [6, 6.07) is 7.14. The van der Waals surface area contributed by atoms with Crippen LogP contribution in [0.15, 0.2) is 48.5 Å². The standard InChI is InChI=1S/C26H22F5N3O3/c1-12-8-14(27)4-7-21(12)37-22-11-16(13-2-3-13)19(26(29,30)31)10-18(22)25(36)34-15-5-6-20(28)17(9-15)23(32)24(33)35/h4-11,13,23H,2-3,32H2,1H3,(H2,33,35)(H,34,36). The van der Waals surface area contributed by atoms with E-state index in [4.69, 9.17) is 16.2 Å². The second-order valence-corrected chi connectivity index (χ2v) is 8.79. The van der Waals surface area contributed by atoms with Crippen molar-refractivity contribution in [2.45, 2.75) is 37.9 Å². The highest BCUT2D eigenvalue weighted by molar-refractivity contribution is 6.06. The van der Waals surface area contributed by atoms with Crippen molar-refractivity contribution in [3.05, 3.63) is 88.0 Å². The lowest BCUT2D eigenvalue weighted by Crippen LogP contribution is -2.29. The van der Waals surface area contributed by atoms with Gasteiger partial charge < -0.3 is 21.5 Å². The summed E-state index contributed by atoms with van der Waals surface area (Å²) in [4.78, 5) is 24.6. The molecule has 4 rings (SSSR count). The minimum absolute atomic E-state index is 0.00434. The number of alkyl halides is 3. The largest absolute Gasteiger partial charge is 0.456 e. The molecule has 0 aromatic heterocycles. The summed E-state index contributed by atoms with van der Waals surface area (Å²) in [6.07, 6.45) is -3.63. The van der Waals surface area contributed by atoms with Crippen LogP contribution in [0.4, 0.5) is 27.6 Å². The molecule has 0 spiro atoms. The molecule has 11 heteroatoms. The number of rotatable bonds is 7. The van der Waals surface area contributed by atoms with Gasteiger partial charge in [-0.05, 0) is 85.3 Å². The fourth-order valence-corrected chi connectivity index (χ4v) is 3.89. The first-order valence-corrected chi connectivity index (χ1v) is 11.2. The van der Waals surface area contributed by atoms with Crippen LogP contribution in [0.5, 0.6) is 11.5 Å². The highest BCUT2D eigenvalue weighted by atomic mass is 19.4. The van der Waals surface area contributed by atoms with Crippen LogP contribution in [-0.4, -0.2) is 11.8 Å². The van der Waals surface area contributed by atoms with Crippen LogP contribution in [0.3, 0.4) is 0 Å². The molecule has 2 amide bonds. The van der Waals surface area contributed by atoms with E-state index < -0.39 is 46.8 Å². The van der Waals surface area contributed by atoms with Crippen molar-refractivity contribution >= 4 is 17.5 Å². The Labute approximate surface area is 208 Å². The van der Waals surface area contributed by atoms with Gasteiger partial charge >= 0.3 is 6.18 Å². The fourth-order valence-electron chi connectivity index (χ4n) is 3.89. The van der Waals surface area contributed by atoms with E-state index in [1.54, 1.807) is 6.92 Å². The van der Waals surface area contributed by atoms with E-state index >= 15 is 0 Å². The third-order valence-corrected chi connectivity index (χ3v) is 5.97. The molecule has 5 N–H and O–H groups in total. The van der Waals surface area contributed by atoms with Gasteiger partial charge in [-0.3, -0.25) is 9.59 Å². The number of halogens is 5. The zero-order valence-corrected chi connectivity index (χ0v) is 19.5. The van der Waals surface area contributed by atoms with Gasteiger partial charge in [0.15, 0.2) is 0 Å². The highest BCUT2D eigenvalue weighted by Crippen LogP contribution is 2.48. The van der Waals surface area contributed by atoms with Crippen LogP contribution in [0.25, 0.3) is 0 Å². The minimum atomic E-state index is -4.74. The average Bonchev–Trinajstić information content (AvgIpc) is 3.66. The lowest BCUT2D eigenvalue weighted by Gasteiger charge is -2.19. The van der Waals surface area contributed by atoms with Crippen molar-refractivity contribution in [2.75, 3.05) is 5.32 Å². The van der Waals surface area contributed by atoms with Crippen LogP contribution in [0, 0.1) is 18.6 Å². The lowest BCUT2D eigenvalue weighted by molar-refractivity contribution is -0.138. The van der Waals surface area contributed by atoms with Crippen molar-refractivity contribution in [3.8, 4) is 11.5 Å². The molecule has 0 bridgehead atoms. The summed E-state index contributed by atoms with van der Waals surface area (Å²) in [5.74, 6) is -3.75. The molecule has 1 atom stereocenters. The normalized spacial score (nSPS) is 14.2. The number of carbonyl (C=O) groups is 2. The Morgan fingerprint density at radius 1 is 1.03 bits per heavy atom. The summed E-state index contributed by atoms with van der Waals surface area (Å²) in [5.41, 5.74) is 9.33. The van der Waals surface area contributed by atoms with Gasteiger partial charge in [-0.2, -0.15) is 13.2 Å². The van der Waals surface area contributed by atoms with Crippen LogP contribution in [-0.2, 0) is 11.0 Å². The Morgan fingerprint density at radius 2 is 1.73 bits per heavy atom. The van der Waals surface area contributed by atoms with E-state index in [-0.39, 0.29) is 34.2 Å². The van der Waals surface area contributed by atoms with E-state index in [0.29, 0.717) is 24.5 Å². The number of hydrogen-bond donors (Lipinski definition) is 3. The van der Waals surface area contributed by atoms with Crippen LogP contribution >= 0.6 is 0 Å². The minimum Gasteiger partial charge on any atom is -0.456 e. The van der Waals surface area contributed by atoms with Crippen molar-refractivity contribution in [1.82, 2.24) is 0 Å². The Hall–Kier alpha value is -3.99. The van der Waals surface area contributed by atoms with Gasteiger partial charge in [0, 0.05) is 11.3 Å². The molecule has 1 unspecified atom stereocenters. The number of benzene rings is 3. The van der Waals surface area contributed by atoms with Gasteiger partial charge in [0.1, 0.15) is 29.2 Å². The predicted octanol–water partition coefficient (Wildman–Crippen LogP) is 5.70. The molecule has 3 aromatic carbocycles. The Bertz CT molecular complexity index is 1390. The van der Waals surface area contributed by atoms with Gasteiger partial charge in [0.05, 0.1) is 11.1 Å². The van der Waals surface area contributed by atoms with Crippen LogP contribution < -0.4 is 21.5 Å². The second kappa shape index (κ2) is 9.81. The molecule has 1 aliphatic carbocycles. The molecule has 0 aliphatic heterocycles. The molecule has 194 valence electrons. The molecule has 0 saturated heterocycles. The first-order chi connectivity index (χ1) is 17.3. The van der Waals surface area contributed by atoms with E-state index in [1.807, 2.05) is 0 Å². The maximum absolute atomic E-state index is 14.2. The molecule has 6 nitrogen and oxygen atoms in total. The number of anilines is 1. The molecule has 37 heavy (non-hydrogen) atoms. The monoisotopic (exact) mass is 519 g/mol. The molecular weight excluding hydrogens is 497 g/mol. The molecule has 0 radical (unpaired) electrons. The van der Waals surface area contributed by atoms with Crippen molar-refractivity contribution in [2.24, 2.45) is 11.5 Å². The van der Waals surface area contributed by atoms with Gasteiger partial charge in [0.2, 0.25) is 5.91 Å². The zero-order chi connectivity index (χ0) is 27.1. The molecule has 1 saturated carbocycles. The molecule has 1 fully saturated rings. The second-order valence-electron chi connectivity index (χ2n) is 8.79. The number of aryl methyl sites for hydroxylation is 1. The van der Waals surface area contributed by atoms with Crippen LogP contribution in [0.1, 0.15) is 57.4 Å². The Morgan fingerprint density at radius 3 is 2.32 bits per heavy atom. The smallest absolute Gasteiger partial charge is 0.416 e. The molecule has 1 aliphatic rings. The van der Waals surface area contributed by atoms with Gasteiger partial charge in [-0.1, -0.05) is 0 Å². The van der Waals surface area contributed by atoms with Gasteiger partial charge in [0.25, 0.3) is 5.91 Å². The summed E-state index contributed by atoms with van der Waals surface area (Å²) >= 11 is 0. The fraction of sp³-hybridized carbons (Fsp3) is 0.231. The molecule has 0 heterocycles. The summed E-state index contributed by atoms with van der Waals surface area (Å²) in [7, 11) is 0. The first kappa shape index (κ1) is 26.1. The number of nitrogens with two attached hydrogens (primary N) is 2. The number of carbonyl (C=O) groups excluding carboxylic acids is 2. The van der Waals surface area contributed by atoms with Crippen molar-refractivity contribution in [1.29, 1.82) is 0 Å². The Balaban J connectivity index is 1.78. The predicted molar refractivity (Wildman–Crippen MR) is 125 cm³/mol. The number of nitrogens with one attached hydrogen (secondary N) is 1. The van der Waals surface area contributed by atoms with Gasteiger partial charge in [-0.15, -0.1) is 0 Å². The van der Waals surface area contributed by atoms with Crippen molar-refractivity contribution in [3.63, 3.8) is 0 Å². The van der Waals surface area contributed by atoms with Crippen LogP contribution in [0.2, 0.25) is 0 Å². The maximum atomic E-state index is 14.2. The number of ether oxygens (including phenoxy) is 1. The zero-order valence-electron chi connectivity index (χ0n) is 19.5. The van der Waals surface area contributed by atoms with E-state index in [0.717, 1.165) is 24.3 Å². The summed E-state index contributed by atoms with van der Waals surface area (Å²) in [6.45, 7) is 1.55. The maximum Gasteiger partial charge on any atom is 0.416 e. The molecular formula is C26H22F5N3O3. The van der Waals surface area contributed by atoms with E-state index in [9.17, 15) is 31.5 Å². The topological polar surface area (TPSA) is 107 Å². The molecule has 3 aromatic rings. The number of hydrogen-bond acceptors (Lipinski definition) is 4. The quantitative estimate of drug-likeness (QED) is 0.348. The van der Waals surface area contributed by atoms with Crippen molar-refractivity contribution < 1.29 is 36.3 Å². The number of primary amides is 1. The van der Waals surface area contributed by atoms with E-state index in [1.165, 1.54) is 18.2 Å². The first-order valence-electron chi connectivity index (χ1n) is 11.2. The number of amides is 2. The summed E-state index contributed by atoms with van der Waals surface area (Å²) < 4.78 is 75.3. The highest BCUT2D eigenvalue weighted by Gasteiger charge is 2.40. The SMILES string of the molecule is Cc1cc(F)ccc1Oc1cc(C2CC2)c(C(F)(F)F)cc1C(=O)Nc1ccc(F)c(C(N)C(N)=O)c1. The third-order valence-electron chi connectivity index (χ3n) is 5.97. The average molecular weight is 519 g/mol. The van der Waals surface area contributed by atoms with Gasteiger partial charge in [-0.25, -0.2) is 8.78 Å². The third kappa shape index (κ3) is 5.72. The lowest BCUT2D eigenvalue weighted by atomic mass is 9.98. The van der Waals surface area contributed by atoms with E-state index in [2.05, 4.69) is 5.32 Å². The Kier molecular flexibility index (Phi) is 6.92.